The molecule has 0 aromatic carbocycles. The zero-order chi connectivity index (χ0) is 11.1. The van der Waals surface area contributed by atoms with E-state index in [1.165, 1.54) is 19.3 Å². The molecule has 0 aromatic rings. The fourth-order valence-electron chi connectivity index (χ4n) is 2.00. The third-order valence-corrected chi connectivity index (χ3v) is 2.89. The second kappa shape index (κ2) is 6.78. The number of ketones is 1. The van der Waals surface area contributed by atoms with Crippen molar-refractivity contribution >= 4 is 5.78 Å². The lowest BCUT2D eigenvalue weighted by Gasteiger charge is -2.15. The van der Waals surface area contributed by atoms with Crippen LogP contribution < -0.4 is 0 Å². The number of Topliss-reactive ketones (excluding diaryl/α,β-unsaturated/α-hetero) is 1. The molecule has 1 atom stereocenters. The summed E-state index contributed by atoms with van der Waals surface area (Å²) in [4.78, 5) is 12.0. The minimum Gasteiger partial charge on any atom is -0.371 e. The number of ether oxygens (including phenoxy) is 1. The van der Waals surface area contributed by atoms with Gasteiger partial charge in [-0.3, -0.25) is 4.79 Å². The van der Waals surface area contributed by atoms with E-state index in [9.17, 15) is 4.79 Å². The van der Waals surface area contributed by atoms with Crippen LogP contribution in [-0.2, 0) is 9.53 Å². The van der Waals surface area contributed by atoms with Crippen molar-refractivity contribution in [3.05, 3.63) is 11.6 Å². The lowest BCUT2D eigenvalue weighted by atomic mass is 9.95. The van der Waals surface area contributed by atoms with Crippen molar-refractivity contribution in [3.8, 4) is 0 Å². The average Bonchev–Trinajstić information content (AvgIpc) is 2.16. The largest absolute Gasteiger partial charge is 0.371 e. The zero-order valence-electron chi connectivity index (χ0n) is 9.92. The van der Waals surface area contributed by atoms with Crippen LogP contribution >= 0.6 is 0 Å². The smallest absolute Gasteiger partial charge is 0.186 e. The van der Waals surface area contributed by atoms with Crippen molar-refractivity contribution in [1.29, 1.82) is 0 Å². The molecule has 1 unspecified atom stereocenters. The molecule has 0 spiro atoms. The summed E-state index contributed by atoms with van der Waals surface area (Å²) in [6, 6.07) is 0. The van der Waals surface area contributed by atoms with E-state index in [0.717, 1.165) is 24.8 Å². The summed E-state index contributed by atoms with van der Waals surface area (Å²) >= 11 is 0. The molecule has 0 fully saturated rings. The normalized spacial score (nSPS) is 20.0. The Hall–Kier alpha value is -0.630. The van der Waals surface area contributed by atoms with Gasteiger partial charge in [-0.05, 0) is 45.1 Å². The molecule has 0 N–H and O–H groups in total. The Morgan fingerprint density at radius 3 is 2.87 bits per heavy atom. The number of hydrogen-bond donors (Lipinski definition) is 0. The maximum atomic E-state index is 12.0. The average molecular weight is 210 g/mol. The molecular formula is C13H22O2. The second-order valence-corrected chi connectivity index (χ2v) is 4.14. The Morgan fingerprint density at radius 2 is 2.13 bits per heavy atom. The van der Waals surface area contributed by atoms with Gasteiger partial charge in [-0.15, -0.1) is 0 Å². The SMILES string of the molecule is CCOC(C)C(=O)C1=CCCCCCC1. The van der Waals surface area contributed by atoms with Crippen LogP contribution in [0.5, 0.6) is 0 Å². The van der Waals surface area contributed by atoms with Gasteiger partial charge in [0.25, 0.3) is 0 Å². The molecule has 0 bridgehead atoms. The fourth-order valence-corrected chi connectivity index (χ4v) is 2.00. The number of carbonyl (C=O) groups is 1. The molecule has 1 aliphatic rings. The highest BCUT2D eigenvalue weighted by Crippen LogP contribution is 2.19. The number of carbonyl (C=O) groups excluding carboxylic acids is 1. The van der Waals surface area contributed by atoms with Crippen LogP contribution in [0.4, 0.5) is 0 Å². The van der Waals surface area contributed by atoms with E-state index in [1.807, 2.05) is 13.8 Å². The van der Waals surface area contributed by atoms with Crippen LogP contribution in [0.2, 0.25) is 0 Å². The molecule has 1 aliphatic carbocycles. The Kier molecular flexibility index (Phi) is 5.62. The summed E-state index contributed by atoms with van der Waals surface area (Å²) in [6.07, 6.45) is 8.79. The van der Waals surface area contributed by atoms with E-state index in [-0.39, 0.29) is 11.9 Å². The maximum absolute atomic E-state index is 12.0. The van der Waals surface area contributed by atoms with Gasteiger partial charge in [-0.1, -0.05) is 18.9 Å². The molecule has 15 heavy (non-hydrogen) atoms. The standard InChI is InChI=1S/C13H22O2/c1-3-15-11(2)13(14)12-9-7-5-4-6-8-10-12/h9,11H,3-8,10H2,1-2H3. The quantitative estimate of drug-likeness (QED) is 0.712. The topological polar surface area (TPSA) is 26.3 Å². The first-order valence-corrected chi connectivity index (χ1v) is 6.10. The van der Waals surface area contributed by atoms with Gasteiger partial charge in [0.1, 0.15) is 6.10 Å². The van der Waals surface area contributed by atoms with E-state index >= 15 is 0 Å². The van der Waals surface area contributed by atoms with Crippen LogP contribution in [0.15, 0.2) is 11.6 Å². The molecule has 1 rings (SSSR count). The van der Waals surface area contributed by atoms with Gasteiger partial charge in [0.15, 0.2) is 5.78 Å². The first-order chi connectivity index (χ1) is 7.25. The van der Waals surface area contributed by atoms with E-state index in [1.54, 1.807) is 0 Å². The monoisotopic (exact) mass is 210 g/mol. The minimum absolute atomic E-state index is 0.193. The summed E-state index contributed by atoms with van der Waals surface area (Å²) in [5, 5.41) is 0. The van der Waals surface area contributed by atoms with Crippen molar-refractivity contribution in [2.45, 2.75) is 58.5 Å². The Labute approximate surface area is 92.7 Å². The van der Waals surface area contributed by atoms with Crippen LogP contribution in [-0.4, -0.2) is 18.5 Å². The first kappa shape index (κ1) is 12.4. The summed E-state index contributed by atoms with van der Waals surface area (Å²) in [5.41, 5.74) is 0.996. The molecule has 0 saturated carbocycles. The van der Waals surface area contributed by atoms with Crippen molar-refractivity contribution in [2.75, 3.05) is 6.61 Å². The van der Waals surface area contributed by atoms with Gasteiger partial charge < -0.3 is 4.74 Å². The number of allylic oxidation sites excluding steroid dienone is 1. The van der Waals surface area contributed by atoms with E-state index in [2.05, 4.69) is 6.08 Å². The lowest BCUT2D eigenvalue weighted by Crippen LogP contribution is -2.22. The van der Waals surface area contributed by atoms with Gasteiger partial charge >= 0.3 is 0 Å². The Balaban J connectivity index is 2.55. The highest BCUT2D eigenvalue weighted by Gasteiger charge is 2.17. The van der Waals surface area contributed by atoms with E-state index in [0.29, 0.717) is 6.61 Å². The predicted molar refractivity (Wildman–Crippen MR) is 61.9 cm³/mol. The van der Waals surface area contributed by atoms with Crippen LogP contribution in [0.25, 0.3) is 0 Å². The molecule has 0 amide bonds. The molecule has 0 radical (unpaired) electrons. The van der Waals surface area contributed by atoms with E-state index < -0.39 is 0 Å². The van der Waals surface area contributed by atoms with Crippen LogP contribution in [0.1, 0.15) is 52.4 Å². The third kappa shape index (κ3) is 4.17. The van der Waals surface area contributed by atoms with Gasteiger partial charge in [0.05, 0.1) is 0 Å². The molecule has 0 aliphatic heterocycles. The molecule has 0 saturated heterocycles. The molecule has 0 aromatic heterocycles. The van der Waals surface area contributed by atoms with Gasteiger partial charge in [-0.25, -0.2) is 0 Å². The Morgan fingerprint density at radius 1 is 1.40 bits per heavy atom. The van der Waals surface area contributed by atoms with E-state index in [4.69, 9.17) is 4.74 Å². The van der Waals surface area contributed by atoms with Crippen LogP contribution in [0.3, 0.4) is 0 Å². The molecule has 2 nitrogen and oxygen atoms in total. The van der Waals surface area contributed by atoms with Crippen molar-refractivity contribution in [1.82, 2.24) is 0 Å². The van der Waals surface area contributed by atoms with Crippen molar-refractivity contribution < 1.29 is 9.53 Å². The fraction of sp³-hybridized carbons (Fsp3) is 0.769. The van der Waals surface area contributed by atoms with Gasteiger partial charge in [0, 0.05) is 6.61 Å². The highest BCUT2D eigenvalue weighted by molar-refractivity contribution is 5.98. The molecular weight excluding hydrogens is 188 g/mol. The molecule has 0 heterocycles. The van der Waals surface area contributed by atoms with Crippen molar-refractivity contribution in [2.24, 2.45) is 0 Å². The molecule has 2 heteroatoms. The van der Waals surface area contributed by atoms with Crippen molar-refractivity contribution in [3.63, 3.8) is 0 Å². The number of hydrogen-bond acceptors (Lipinski definition) is 2. The highest BCUT2D eigenvalue weighted by atomic mass is 16.5. The molecule has 86 valence electrons. The summed E-state index contributed by atoms with van der Waals surface area (Å²) in [7, 11) is 0. The third-order valence-electron chi connectivity index (χ3n) is 2.89. The summed E-state index contributed by atoms with van der Waals surface area (Å²) in [5.74, 6) is 0.193. The predicted octanol–water partition coefficient (Wildman–Crippen LogP) is 3.26. The van der Waals surface area contributed by atoms with Gasteiger partial charge in [0.2, 0.25) is 0 Å². The minimum atomic E-state index is -0.263. The zero-order valence-corrected chi connectivity index (χ0v) is 9.92. The maximum Gasteiger partial charge on any atom is 0.186 e. The lowest BCUT2D eigenvalue weighted by molar-refractivity contribution is -0.125. The van der Waals surface area contributed by atoms with Crippen LogP contribution in [0, 0.1) is 0 Å². The Bertz CT molecular complexity index is 231. The number of rotatable bonds is 4. The summed E-state index contributed by atoms with van der Waals surface area (Å²) in [6.45, 7) is 4.39. The first-order valence-electron chi connectivity index (χ1n) is 6.10. The summed E-state index contributed by atoms with van der Waals surface area (Å²) < 4.78 is 5.34. The van der Waals surface area contributed by atoms with Gasteiger partial charge in [-0.2, -0.15) is 0 Å². The second-order valence-electron chi connectivity index (χ2n) is 4.14.